The van der Waals surface area contributed by atoms with E-state index in [0.717, 1.165) is 21.0 Å². The highest BCUT2D eigenvalue weighted by Crippen LogP contribution is 2.40. The molecule has 44 heavy (non-hydrogen) atoms. The number of methoxy groups -OCH3 is 2. The minimum absolute atomic E-state index is 0.0215. The molecular formula is C31H34Cl2N2O8S. The standard InChI is InChI=1S/C31H34Cl2N2O8S/c1-4-43-18-20-13-27(41-2)29(28(14-20)42-3)21-9-7-19(8-10-21)12-25(31(37)38)34-30(36)26-6-5-11-35(26)44(39,40)24-16-22(32)15-23(33)17-24/h7-10,13-17,25-26H,4-6,11-12,18H2,1-3H3,(H,34,36)(H,37,38)/t25?,26-/m0/s1. The van der Waals surface area contributed by atoms with Gasteiger partial charge >= 0.3 is 5.97 Å². The Morgan fingerprint density at radius 1 is 1.00 bits per heavy atom. The van der Waals surface area contributed by atoms with Crippen LogP contribution >= 0.6 is 23.2 Å². The molecule has 3 aromatic carbocycles. The van der Waals surface area contributed by atoms with Crippen molar-refractivity contribution >= 4 is 45.1 Å². The third-order valence-electron chi connectivity index (χ3n) is 7.28. The second-order valence-corrected chi connectivity index (χ2v) is 13.0. The third-order valence-corrected chi connectivity index (χ3v) is 9.61. The number of nitrogens with one attached hydrogen (secondary N) is 1. The number of halogens is 2. The van der Waals surface area contributed by atoms with E-state index >= 15 is 0 Å². The monoisotopic (exact) mass is 664 g/mol. The van der Waals surface area contributed by atoms with Gasteiger partial charge in [0, 0.05) is 29.6 Å². The van der Waals surface area contributed by atoms with E-state index in [0.29, 0.717) is 36.7 Å². The molecule has 236 valence electrons. The Balaban J connectivity index is 1.51. The molecule has 1 saturated heterocycles. The fourth-order valence-corrected chi connectivity index (χ4v) is 7.55. The molecule has 1 fully saturated rings. The molecular weight excluding hydrogens is 631 g/mol. The largest absolute Gasteiger partial charge is 0.496 e. The lowest BCUT2D eigenvalue weighted by molar-refractivity contribution is -0.142. The summed E-state index contributed by atoms with van der Waals surface area (Å²) in [5.74, 6) is -0.744. The summed E-state index contributed by atoms with van der Waals surface area (Å²) in [7, 11) is -0.979. The SMILES string of the molecule is CCOCc1cc(OC)c(-c2ccc(CC(NC(=O)[C@@H]3CCCN3S(=O)(=O)c3cc(Cl)cc(Cl)c3)C(=O)O)cc2)c(OC)c1. The second-order valence-electron chi connectivity index (χ2n) is 10.2. The van der Waals surface area contributed by atoms with Gasteiger partial charge in [-0.3, -0.25) is 4.79 Å². The van der Waals surface area contributed by atoms with Crippen LogP contribution in [0.15, 0.2) is 59.5 Å². The summed E-state index contributed by atoms with van der Waals surface area (Å²) in [5, 5.41) is 12.8. The maximum Gasteiger partial charge on any atom is 0.326 e. The Morgan fingerprint density at radius 3 is 2.16 bits per heavy atom. The van der Waals surface area contributed by atoms with Crippen molar-refractivity contribution in [2.24, 2.45) is 0 Å². The second kappa shape index (κ2) is 14.6. The number of aliphatic carboxylic acids is 1. The summed E-state index contributed by atoms with van der Waals surface area (Å²) in [6, 6.07) is 12.5. The minimum atomic E-state index is -4.11. The molecule has 3 aromatic rings. The van der Waals surface area contributed by atoms with Gasteiger partial charge in [-0.2, -0.15) is 4.31 Å². The van der Waals surface area contributed by atoms with Gasteiger partial charge < -0.3 is 24.6 Å². The normalized spacial score (nSPS) is 16.0. The Labute approximate surface area is 266 Å². The van der Waals surface area contributed by atoms with Crippen LogP contribution in [0.2, 0.25) is 10.0 Å². The molecule has 13 heteroatoms. The maximum atomic E-state index is 13.4. The molecule has 2 N–H and O–H groups in total. The molecule has 0 bridgehead atoms. The van der Waals surface area contributed by atoms with Gasteiger partial charge in [-0.1, -0.05) is 47.5 Å². The number of rotatable bonds is 13. The summed E-state index contributed by atoms with van der Waals surface area (Å²) < 4.78 is 44.6. The van der Waals surface area contributed by atoms with Crippen LogP contribution < -0.4 is 14.8 Å². The number of carboxylic acid groups (broad SMARTS) is 1. The summed E-state index contributed by atoms with van der Waals surface area (Å²) in [6.07, 6.45) is 0.657. The van der Waals surface area contributed by atoms with Gasteiger partial charge in [0.2, 0.25) is 15.9 Å². The number of carbonyl (C=O) groups is 2. The van der Waals surface area contributed by atoms with Gasteiger partial charge in [0.05, 0.1) is 31.3 Å². The number of carboxylic acids is 1. The molecule has 0 spiro atoms. The highest BCUT2D eigenvalue weighted by molar-refractivity contribution is 7.89. The van der Waals surface area contributed by atoms with Crippen molar-refractivity contribution in [3.8, 4) is 22.6 Å². The summed E-state index contributed by atoms with van der Waals surface area (Å²) in [5.41, 5.74) is 3.06. The van der Waals surface area contributed by atoms with Crippen LogP contribution in [0.3, 0.4) is 0 Å². The summed E-state index contributed by atoms with van der Waals surface area (Å²) in [4.78, 5) is 25.3. The lowest BCUT2D eigenvalue weighted by atomic mass is 9.98. The number of sulfonamides is 1. The van der Waals surface area contributed by atoms with Crippen LogP contribution in [0, 0.1) is 0 Å². The van der Waals surface area contributed by atoms with Gasteiger partial charge in [0.15, 0.2) is 0 Å². The number of hydrogen-bond donors (Lipinski definition) is 2. The zero-order chi connectivity index (χ0) is 32.0. The molecule has 0 aromatic heterocycles. The van der Waals surface area contributed by atoms with Crippen molar-refractivity contribution in [2.45, 2.75) is 49.8 Å². The molecule has 0 radical (unpaired) electrons. The van der Waals surface area contributed by atoms with E-state index in [2.05, 4.69) is 5.32 Å². The van der Waals surface area contributed by atoms with Crippen LogP contribution in [-0.4, -0.2) is 69.2 Å². The third kappa shape index (κ3) is 7.65. The van der Waals surface area contributed by atoms with E-state index in [1.165, 1.54) is 18.2 Å². The molecule has 1 aliphatic heterocycles. The van der Waals surface area contributed by atoms with Crippen molar-refractivity contribution in [1.82, 2.24) is 9.62 Å². The first-order valence-corrected chi connectivity index (χ1v) is 16.1. The Bertz CT molecular complexity index is 1570. The Morgan fingerprint density at radius 2 is 1.61 bits per heavy atom. The summed E-state index contributed by atoms with van der Waals surface area (Å²) in [6.45, 7) is 2.99. The van der Waals surface area contributed by atoms with Crippen molar-refractivity contribution in [3.05, 3.63) is 75.8 Å². The predicted octanol–water partition coefficient (Wildman–Crippen LogP) is 5.18. The first-order chi connectivity index (χ1) is 21.0. The van der Waals surface area contributed by atoms with Gasteiger partial charge in [-0.05, 0) is 66.8 Å². The predicted molar refractivity (Wildman–Crippen MR) is 167 cm³/mol. The van der Waals surface area contributed by atoms with E-state index < -0.39 is 34.0 Å². The average molecular weight is 666 g/mol. The number of nitrogens with zero attached hydrogens (tertiary/aromatic N) is 1. The fraction of sp³-hybridized carbons (Fsp3) is 0.355. The number of amides is 1. The molecule has 0 aliphatic carbocycles. The molecule has 4 rings (SSSR count). The zero-order valence-corrected chi connectivity index (χ0v) is 26.8. The van der Waals surface area contributed by atoms with Crippen LogP contribution in [-0.2, 0) is 37.4 Å². The van der Waals surface area contributed by atoms with Crippen molar-refractivity contribution in [3.63, 3.8) is 0 Å². The first-order valence-electron chi connectivity index (χ1n) is 13.9. The molecule has 1 amide bonds. The van der Waals surface area contributed by atoms with E-state index in [4.69, 9.17) is 37.4 Å². The lowest BCUT2D eigenvalue weighted by Gasteiger charge is -2.25. The molecule has 10 nitrogen and oxygen atoms in total. The molecule has 1 unspecified atom stereocenters. The van der Waals surface area contributed by atoms with Gasteiger partial charge in [0.1, 0.15) is 23.6 Å². The van der Waals surface area contributed by atoms with E-state index in [1.807, 2.05) is 31.2 Å². The molecule has 2 atom stereocenters. The van der Waals surface area contributed by atoms with Gasteiger partial charge in [-0.25, -0.2) is 13.2 Å². The van der Waals surface area contributed by atoms with Crippen LogP contribution in [0.4, 0.5) is 0 Å². The topological polar surface area (TPSA) is 131 Å². The number of carbonyl (C=O) groups excluding carboxylic acids is 1. The molecule has 1 heterocycles. The van der Waals surface area contributed by atoms with Crippen molar-refractivity contribution in [1.29, 1.82) is 0 Å². The van der Waals surface area contributed by atoms with Gasteiger partial charge in [-0.15, -0.1) is 0 Å². The van der Waals surface area contributed by atoms with Crippen LogP contribution in [0.25, 0.3) is 11.1 Å². The molecule has 0 saturated carbocycles. The fourth-order valence-electron chi connectivity index (χ4n) is 5.17. The number of benzene rings is 3. The summed E-state index contributed by atoms with van der Waals surface area (Å²) >= 11 is 12.0. The van der Waals surface area contributed by atoms with Crippen LogP contribution in [0.5, 0.6) is 11.5 Å². The van der Waals surface area contributed by atoms with Gasteiger partial charge in [0.25, 0.3) is 0 Å². The highest BCUT2D eigenvalue weighted by atomic mass is 35.5. The maximum absolute atomic E-state index is 13.4. The van der Waals surface area contributed by atoms with E-state index in [1.54, 1.807) is 26.4 Å². The van der Waals surface area contributed by atoms with E-state index in [-0.39, 0.29) is 34.3 Å². The van der Waals surface area contributed by atoms with Crippen molar-refractivity contribution < 1.29 is 37.3 Å². The number of hydrogen-bond acceptors (Lipinski definition) is 7. The van der Waals surface area contributed by atoms with Crippen LogP contribution in [0.1, 0.15) is 30.9 Å². The lowest BCUT2D eigenvalue weighted by Crippen LogP contribution is -2.51. The first kappa shape index (κ1) is 33.5. The molecule has 1 aliphatic rings. The zero-order valence-electron chi connectivity index (χ0n) is 24.5. The smallest absolute Gasteiger partial charge is 0.326 e. The number of ether oxygens (including phenoxy) is 3. The Hall–Kier alpha value is -3.35. The Kier molecular flexibility index (Phi) is 11.1. The van der Waals surface area contributed by atoms with Crippen molar-refractivity contribution in [2.75, 3.05) is 27.4 Å². The quantitative estimate of drug-likeness (QED) is 0.256. The van der Waals surface area contributed by atoms with E-state index in [9.17, 15) is 23.1 Å². The highest BCUT2D eigenvalue weighted by Gasteiger charge is 2.40. The average Bonchev–Trinajstić information content (AvgIpc) is 3.50. The minimum Gasteiger partial charge on any atom is -0.496 e.